The molecule has 0 saturated heterocycles. The average Bonchev–Trinajstić information content (AvgIpc) is 2.17. The van der Waals surface area contributed by atoms with E-state index in [1.807, 2.05) is 0 Å². The van der Waals surface area contributed by atoms with Crippen LogP contribution in [0, 0.1) is 21.4 Å². The van der Waals surface area contributed by atoms with Crippen molar-refractivity contribution in [3.63, 3.8) is 0 Å². The number of nitro groups is 1. The molecular formula is C8H6BrN3O2. The van der Waals surface area contributed by atoms with Gasteiger partial charge in [-0.1, -0.05) is 0 Å². The molecule has 0 unspecified atom stereocenters. The number of nitriles is 1. The maximum atomic E-state index is 10.5. The van der Waals surface area contributed by atoms with Crippen molar-refractivity contribution in [2.45, 2.75) is 0 Å². The number of nitrogens with one attached hydrogen (secondary N) is 1. The number of benzene rings is 1. The van der Waals surface area contributed by atoms with Gasteiger partial charge in [0.2, 0.25) is 0 Å². The van der Waals surface area contributed by atoms with Gasteiger partial charge in [0.15, 0.2) is 0 Å². The number of halogens is 1. The van der Waals surface area contributed by atoms with Gasteiger partial charge in [0.05, 0.1) is 4.92 Å². The molecule has 0 bridgehead atoms. The van der Waals surface area contributed by atoms with Crippen molar-refractivity contribution in [2.24, 2.45) is 0 Å². The summed E-state index contributed by atoms with van der Waals surface area (Å²) in [5.74, 6) is 0. The first-order valence-corrected chi connectivity index (χ1v) is 4.45. The minimum Gasteiger partial charge on any atom is -0.387 e. The number of rotatable bonds is 2. The second-order valence-electron chi connectivity index (χ2n) is 2.47. The lowest BCUT2D eigenvalue weighted by atomic mass is 10.2. The van der Waals surface area contributed by atoms with E-state index in [2.05, 4.69) is 21.2 Å². The lowest BCUT2D eigenvalue weighted by Crippen LogP contribution is -1.96. The van der Waals surface area contributed by atoms with Crippen LogP contribution in [0.1, 0.15) is 5.56 Å². The Labute approximate surface area is 88.6 Å². The molecule has 0 saturated carbocycles. The molecule has 6 heteroatoms. The van der Waals surface area contributed by atoms with Crippen molar-refractivity contribution < 1.29 is 4.92 Å². The van der Waals surface area contributed by atoms with Crippen LogP contribution < -0.4 is 5.32 Å². The van der Waals surface area contributed by atoms with Crippen LogP contribution in [0.15, 0.2) is 16.6 Å². The van der Waals surface area contributed by atoms with E-state index in [9.17, 15) is 10.1 Å². The maximum Gasteiger partial charge on any atom is 0.288 e. The summed E-state index contributed by atoms with van der Waals surface area (Å²) < 4.78 is 0.561. The summed E-state index contributed by atoms with van der Waals surface area (Å²) in [6.07, 6.45) is 0. The molecule has 0 aromatic heterocycles. The Morgan fingerprint density at radius 3 is 2.71 bits per heavy atom. The van der Waals surface area contributed by atoms with E-state index in [1.165, 1.54) is 12.1 Å². The van der Waals surface area contributed by atoms with Crippen molar-refractivity contribution in [3.05, 3.63) is 32.3 Å². The van der Waals surface area contributed by atoms with Gasteiger partial charge < -0.3 is 5.32 Å². The smallest absolute Gasteiger partial charge is 0.288 e. The number of nitrogens with zero attached hydrogens (tertiary/aromatic N) is 2. The zero-order chi connectivity index (χ0) is 10.7. The molecule has 14 heavy (non-hydrogen) atoms. The maximum absolute atomic E-state index is 10.5. The molecule has 1 rings (SSSR count). The normalized spacial score (nSPS) is 9.21. The van der Waals surface area contributed by atoms with Crippen molar-refractivity contribution >= 4 is 27.3 Å². The Kier molecular flexibility index (Phi) is 3.04. The molecule has 1 N–H and O–H groups in total. The minimum absolute atomic E-state index is 0.0440. The molecule has 0 fully saturated rings. The predicted octanol–water partition coefficient (Wildman–Crippen LogP) is 2.27. The molecular weight excluding hydrogens is 250 g/mol. The first-order chi connectivity index (χ1) is 6.60. The Bertz CT molecular complexity index is 425. The predicted molar refractivity (Wildman–Crippen MR) is 55.1 cm³/mol. The summed E-state index contributed by atoms with van der Waals surface area (Å²) in [5, 5.41) is 22.0. The van der Waals surface area contributed by atoms with E-state index in [-0.39, 0.29) is 11.3 Å². The summed E-state index contributed by atoms with van der Waals surface area (Å²) >= 11 is 3.16. The van der Waals surface area contributed by atoms with Gasteiger partial charge in [-0.15, -0.1) is 0 Å². The van der Waals surface area contributed by atoms with Crippen LogP contribution in [0.25, 0.3) is 0 Å². The number of hydrogen-bond acceptors (Lipinski definition) is 4. The van der Waals surface area contributed by atoms with Crippen LogP contribution in [-0.2, 0) is 0 Å². The molecule has 0 amide bonds. The van der Waals surface area contributed by atoms with Gasteiger partial charge in [-0.05, 0) is 22.0 Å². The lowest BCUT2D eigenvalue weighted by molar-refractivity contribution is -0.385. The fourth-order valence-electron chi connectivity index (χ4n) is 0.995. The van der Waals surface area contributed by atoms with E-state index in [1.54, 1.807) is 13.1 Å². The fraction of sp³-hybridized carbons (Fsp3) is 0.125. The molecule has 5 nitrogen and oxygen atoms in total. The van der Waals surface area contributed by atoms with E-state index >= 15 is 0 Å². The fourth-order valence-corrected chi connectivity index (χ4v) is 1.52. The third-order valence-electron chi connectivity index (χ3n) is 1.67. The highest BCUT2D eigenvalue weighted by Crippen LogP contribution is 2.30. The van der Waals surface area contributed by atoms with E-state index in [4.69, 9.17) is 5.26 Å². The zero-order valence-corrected chi connectivity index (χ0v) is 8.83. The van der Waals surface area contributed by atoms with Crippen LogP contribution in [-0.4, -0.2) is 12.0 Å². The second kappa shape index (κ2) is 4.07. The van der Waals surface area contributed by atoms with Gasteiger partial charge >= 0.3 is 0 Å². The highest BCUT2D eigenvalue weighted by atomic mass is 79.9. The Hall–Kier alpha value is -1.61. The van der Waals surface area contributed by atoms with E-state index in [0.29, 0.717) is 10.2 Å². The van der Waals surface area contributed by atoms with Gasteiger partial charge in [0.1, 0.15) is 11.6 Å². The molecule has 1 aromatic rings. The Morgan fingerprint density at radius 2 is 2.29 bits per heavy atom. The molecule has 0 heterocycles. The van der Waals surface area contributed by atoms with E-state index in [0.717, 1.165) is 0 Å². The van der Waals surface area contributed by atoms with Crippen molar-refractivity contribution in [1.82, 2.24) is 0 Å². The van der Waals surface area contributed by atoms with Crippen molar-refractivity contribution in [3.8, 4) is 6.07 Å². The van der Waals surface area contributed by atoms with Gasteiger partial charge in [-0.3, -0.25) is 10.1 Å². The summed E-state index contributed by atoms with van der Waals surface area (Å²) in [7, 11) is 1.67. The summed E-state index contributed by atoms with van der Waals surface area (Å²) in [6.45, 7) is 0. The monoisotopic (exact) mass is 255 g/mol. The molecule has 0 atom stereocenters. The SMILES string of the molecule is CNc1cc(C#N)c([N+](=O)[O-])cc1Br. The van der Waals surface area contributed by atoms with Crippen LogP contribution in [0.3, 0.4) is 0 Å². The number of anilines is 1. The van der Waals surface area contributed by atoms with Crippen LogP contribution in [0.5, 0.6) is 0 Å². The first kappa shape index (κ1) is 10.5. The minimum atomic E-state index is -0.581. The average molecular weight is 256 g/mol. The summed E-state index contributed by atoms with van der Waals surface area (Å²) in [4.78, 5) is 9.97. The molecule has 0 aliphatic rings. The number of hydrogen-bond donors (Lipinski definition) is 1. The third-order valence-corrected chi connectivity index (χ3v) is 2.33. The standard InChI is InChI=1S/C8H6BrN3O2/c1-11-7-2-5(4-10)8(12(13)14)3-6(7)9/h2-3,11H,1H3. The molecule has 1 aromatic carbocycles. The van der Waals surface area contributed by atoms with Gasteiger partial charge in [-0.2, -0.15) is 5.26 Å². The van der Waals surface area contributed by atoms with Crippen molar-refractivity contribution in [1.29, 1.82) is 5.26 Å². The molecule has 0 aliphatic carbocycles. The summed E-state index contributed by atoms with van der Waals surface area (Å²) in [6, 6.07) is 4.52. The van der Waals surface area contributed by atoms with Crippen molar-refractivity contribution in [2.75, 3.05) is 12.4 Å². The molecule has 0 radical (unpaired) electrons. The Balaban J connectivity index is 3.41. The molecule has 72 valence electrons. The van der Waals surface area contributed by atoms with E-state index < -0.39 is 4.92 Å². The quantitative estimate of drug-likeness (QED) is 0.650. The highest BCUT2D eigenvalue weighted by molar-refractivity contribution is 9.10. The molecule has 0 aliphatic heterocycles. The van der Waals surface area contributed by atoms with Gasteiger partial charge in [-0.25, -0.2) is 0 Å². The third kappa shape index (κ3) is 1.83. The summed E-state index contributed by atoms with van der Waals surface area (Å²) in [5.41, 5.74) is 0.494. The van der Waals surface area contributed by atoms with Crippen LogP contribution in [0.4, 0.5) is 11.4 Å². The van der Waals surface area contributed by atoms with Crippen LogP contribution in [0.2, 0.25) is 0 Å². The zero-order valence-electron chi connectivity index (χ0n) is 7.24. The highest BCUT2D eigenvalue weighted by Gasteiger charge is 2.16. The van der Waals surface area contributed by atoms with Gasteiger partial charge in [0.25, 0.3) is 5.69 Å². The molecule has 0 spiro atoms. The topological polar surface area (TPSA) is 79.0 Å². The largest absolute Gasteiger partial charge is 0.387 e. The lowest BCUT2D eigenvalue weighted by Gasteiger charge is -2.03. The second-order valence-corrected chi connectivity index (χ2v) is 3.32. The Morgan fingerprint density at radius 1 is 1.64 bits per heavy atom. The number of nitro benzene ring substituents is 1. The first-order valence-electron chi connectivity index (χ1n) is 3.66. The van der Waals surface area contributed by atoms with Gasteiger partial charge in [0, 0.05) is 23.3 Å². The van der Waals surface area contributed by atoms with Crippen LogP contribution >= 0.6 is 15.9 Å².